The minimum Gasteiger partial charge on any atom is -0.335 e. The van der Waals surface area contributed by atoms with E-state index in [0.717, 1.165) is 14.1 Å². The number of nitrogens with zero attached hydrogens (tertiary/aromatic N) is 2. The summed E-state index contributed by atoms with van der Waals surface area (Å²) < 4.78 is 6.29. The summed E-state index contributed by atoms with van der Waals surface area (Å²) in [5, 5.41) is 9.55. The number of benzene rings is 1. The Balaban J connectivity index is 1.83. The lowest BCUT2D eigenvalue weighted by molar-refractivity contribution is 0.102. The summed E-state index contributed by atoms with van der Waals surface area (Å²) in [4.78, 5) is 18.4. The van der Waals surface area contributed by atoms with Gasteiger partial charge in [-0.3, -0.25) is 4.79 Å². The van der Waals surface area contributed by atoms with Gasteiger partial charge in [0.25, 0.3) is 11.6 Å². The van der Waals surface area contributed by atoms with Crippen molar-refractivity contribution >= 4 is 56.6 Å². The van der Waals surface area contributed by atoms with E-state index in [2.05, 4.69) is 38.0 Å². The smallest absolute Gasteiger partial charge is 0.259 e. The predicted octanol–water partition coefficient (Wildman–Crippen LogP) is 5.12. The first kappa shape index (κ1) is 16.2. The van der Waals surface area contributed by atoms with Gasteiger partial charge in [-0.1, -0.05) is 23.4 Å². The Morgan fingerprint density at radius 3 is 2.84 bits per heavy atom. The SMILES string of the molecule is Cc1noc2nc(-c3cccs3)cc(C(=O)Nc3ccccc3I)c12. The van der Waals surface area contributed by atoms with Crippen LogP contribution in [0.4, 0.5) is 5.69 Å². The molecule has 0 saturated carbocycles. The third-order valence-electron chi connectivity index (χ3n) is 3.76. The summed E-state index contributed by atoms with van der Waals surface area (Å²) in [5.41, 5.74) is 2.99. The highest BCUT2D eigenvalue weighted by Crippen LogP contribution is 2.30. The number of para-hydroxylation sites is 1. The van der Waals surface area contributed by atoms with Crippen LogP contribution in [0.25, 0.3) is 21.7 Å². The van der Waals surface area contributed by atoms with Crippen molar-refractivity contribution in [2.75, 3.05) is 5.32 Å². The average Bonchev–Trinajstić information content (AvgIpc) is 3.26. The summed E-state index contributed by atoms with van der Waals surface area (Å²) in [7, 11) is 0. The molecule has 7 heteroatoms. The molecule has 0 fully saturated rings. The third-order valence-corrected chi connectivity index (χ3v) is 5.59. The first-order valence-electron chi connectivity index (χ1n) is 7.50. The summed E-state index contributed by atoms with van der Waals surface area (Å²) >= 11 is 3.76. The number of halogens is 1. The molecule has 124 valence electrons. The van der Waals surface area contributed by atoms with Gasteiger partial charge < -0.3 is 9.84 Å². The molecule has 0 aliphatic carbocycles. The van der Waals surface area contributed by atoms with E-state index in [0.29, 0.717) is 28.1 Å². The maximum Gasteiger partial charge on any atom is 0.259 e. The highest BCUT2D eigenvalue weighted by atomic mass is 127. The Kier molecular flexibility index (Phi) is 4.26. The van der Waals surface area contributed by atoms with Crippen molar-refractivity contribution in [1.82, 2.24) is 10.1 Å². The van der Waals surface area contributed by atoms with E-state index >= 15 is 0 Å². The molecule has 0 aliphatic rings. The minimum absolute atomic E-state index is 0.208. The second kappa shape index (κ2) is 6.57. The minimum atomic E-state index is -0.208. The zero-order valence-corrected chi connectivity index (χ0v) is 16.1. The number of aryl methyl sites for hydroxylation is 1. The van der Waals surface area contributed by atoms with Crippen molar-refractivity contribution in [3.8, 4) is 10.6 Å². The highest BCUT2D eigenvalue weighted by Gasteiger charge is 2.20. The second-order valence-corrected chi connectivity index (χ2v) is 7.52. The van der Waals surface area contributed by atoms with Crippen LogP contribution in [0.1, 0.15) is 16.1 Å². The molecule has 0 spiro atoms. The van der Waals surface area contributed by atoms with Crippen molar-refractivity contribution in [2.24, 2.45) is 0 Å². The summed E-state index contributed by atoms with van der Waals surface area (Å²) in [6.07, 6.45) is 0. The fourth-order valence-corrected chi connectivity index (χ4v) is 3.78. The molecule has 0 bridgehead atoms. The largest absolute Gasteiger partial charge is 0.335 e. The van der Waals surface area contributed by atoms with E-state index in [-0.39, 0.29) is 5.91 Å². The van der Waals surface area contributed by atoms with E-state index < -0.39 is 0 Å². The number of anilines is 1. The fourth-order valence-electron chi connectivity index (χ4n) is 2.58. The zero-order valence-electron chi connectivity index (χ0n) is 13.1. The molecule has 0 unspecified atom stereocenters. The van der Waals surface area contributed by atoms with Crippen LogP contribution >= 0.6 is 33.9 Å². The van der Waals surface area contributed by atoms with Crippen LogP contribution < -0.4 is 5.32 Å². The van der Waals surface area contributed by atoms with Crippen molar-refractivity contribution in [2.45, 2.75) is 6.92 Å². The molecule has 3 aromatic heterocycles. The van der Waals surface area contributed by atoms with Crippen molar-refractivity contribution < 1.29 is 9.32 Å². The van der Waals surface area contributed by atoms with Crippen LogP contribution in [-0.4, -0.2) is 16.0 Å². The molecule has 0 aliphatic heterocycles. The zero-order chi connectivity index (χ0) is 17.4. The van der Waals surface area contributed by atoms with Crippen LogP contribution in [0.2, 0.25) is 0 Å². The standard InChI is InChI=1S/C18H12IN3O2S/c1-10-16-11(17(23)20-13-6-3-2-5-12(13)19)9-14(15-7-4-8-25-15)21-18(16)24-22-10/h2-9H,1H3,(H,20,23). The molecule has 3 heterocycles. The molecule has 0 atom stereocenters. The molecule has 0 saturated heterocycles. The number of rotatable bonds is 3. The predicted molar refractivity (Wildman–Crippen MR) is 107 cm³/mol. The van der Waals surface area contributed by atoms with Crippen molar-refractivity contribution in [1.29, 1.82) is 0 Å². The highest BCUT2D eigenvalue weighted by molar-refractivity contribution is 14.1. The number of carbonyl (C=O) groups excluding carboxylic acids is 1. The fraction of sp³-hybridized carbons (Fsp3) is 0.0556. The molecular formula is C18H12IN3O2S. The normalized spacial score (nSPS) is 11.0. The van der Waals surface area contributed by atoms with Gasteiger partial charge in [-0.25, -0.2) is 4.98 Å². The van der Waals surface area contributed by atoms with Crippen LogP contribution in [0, 0.1) is 10.5 Å². The lowest BCUT2D eigenvalue weighted by atomic mass is 10.1. The molecule has 4 rings (SSSR count). The number of pyridine rings is 1. The molecule has 5 nitrogen and oxygen atoms in total. The molecule has 25 heavy (non-hydrogen) atoms. The van der Waals surface area contributed by atoms with Crippen LogP contribution in [0.5, 0.6) is 0 Å². The van der Waals surface area contributed by atoms with E-state index in [1.54, 1.807) is 24.3 Å². The summed E-state index contributed by atoms with van der Waals surface area (Å²) in [6, 6.07) is 13.3. The Labute approximate surface area is 161 Å². The van der Waals surface area contributed by atoms with E-state index in [9.17, 15) is 4.79 Å². The monoisotopic (exact) mass is 461 g/mol. The van der Waals surface area contributed by atoms with Crippen LogP contribution in [0.3, 0.4) is 0 Å². The van der Waals surface area contributed by atoms with Gasteiger partial charge in [-0.15, -0.1) is 11.3 Å². The van der Waals surface area contributed by atoms with Gasteiger partial charge >= 0.3 is 0 Å². The van der Waals surface area contributed by atoms with Crippen molar-refractivity contribution in [3.63, 3.8) is 0 Å². The second-order valence-electron chi connectivity index (χ2n) is 5.41. The number of nitrogens with one attached hydrogen (secondary N) is 1. The molecular weight excluding hydrogens is 449 g/mol. The quantitative estimate of drug-likeness (QED) is 0.431. The maximum absolute atomic E-state index is 12.9. The Hall–Kier alpha value is -2.26. The average molecular weight is 461 g/mol. The van der Waals surface area contributed by atoms with Gasteiger partial charge in [0, 0.05) is 3.57 Å². The molecule has 1 N–H and O–H groups in total. The summed E-state index contributed by atoms with van der Waals surface area (Å²) in [5.74, 6) is -0.208. The van der Waals surface area contributed by atoms with E-state index in [1.165, 1.54) is 0 Å². The topological polar surface area (TPSA) is 68.0 Å². The number of fused-ring (bicyclic) bond motifs is 1. The maximum atomic E-state index is 12.9. The number of thiophene rings is 1. The van der Waals surface area contributed by atoms with Gasteiger partial charge in [0.2, 0.25) is 0 Å². The number of hydrogen-bond donors (Lipinski definition) is 1. The van der Waals surface area contributed by atoms with Crippen molar-refractivity contribution in [3.05, 3.63) is 62.7 Å². The van der Waals surface area contributed by atoms with Crippen LogP contribution in [-0.2, 0) is 0 Å². The van der Waals surface area contributed by atoms with Gasteiger partial charge in [-0.2, -0.15) is 0 Å². The Morgan fingerprint density at radius 1 is 1.24 bits per heavy atom. The number of amides is 1. The Bertz CT molecular complexity index is 1070. The number of aromatic nitrogens is 2. The van der Waals surface area contributed by atoms with Crippen LogP contribution in [0.15, 0.2) is 52.4 Å². The van der Waals surface area contributed by atoms with E-state index in [1.807, 2.05) is 41.8 Å². The van der Waals surface area contributed by atoms with E-state index in [4.69, 9.17) is 4.52 Å². The van der Waals surface area contributed by atoms with Gasteiger partial charge in [-0.05, 0) is 59.2 Å². The molecule has 1 aromatic carbocycles. The lowest BCUT2D eigenvalue weighted by Gasteiger charge is -2.09. The summed E-state index contributed by atoms with van der Waals surface area (Å²) in [6.45, 7) is 1.81. The molecule has 4 aromatic rings. The molecule has 0 radical (unpaired) electrons. The van der Waals surface area contributed by atoms with Gasteiger partial charge in [0.1, 0.15) is 0 Å². The Morgan fingerprint density at radius 2 is 2.08 bits per heavy atom. The third kappa shape index (κ3) is 3.05. The lowest BCUT2D eigenvalue weighted by Crippen LogP contribution is -2.14. The molecule has 1 amide bonds. The number of carbonyl (C=O) groups is 1. The first-order valence-corrected chi connectivity index (χ1v) is 9.46. The van der Waals surface area contributed by atoms with Gasteiger partial charge in [0.05, 0.1) is 32.9 Å². The number of hydrogen-bond acceptors (Lipinski definition) is 5. The first-order chi connectivity index (χ1) is 12.1. The van der Waals surface area contributed by atoms with Gasteiger partial charge in [0.15, 0.2) is 0 Å².